The molecule has 5 nitrogen and oxygen atoms in total. The summed E-state index contributed by atoms with van der Waals surface area (Å²) in [6.45, 7) is 4.85. The van der Waals surface area contributed by atoms with Gasteiger partial charge < -0.3 is 15.4 Å². The molecule has 2 aliphatic rings. The number of piperidine rings is 1. The molecule has 0 amide bonds. The summed E-state index contributed by atoms with van der Waals surface area (Å²) >= 11 is 1.88. The number of likely N-dealkylation sites (tertiary alicyclic amines) is 1. The first-order chi connectivity index (χ1) is 12.8. The lowest BCUT2D eigenvalue weighted by molar-refractivity contribution is 0.122. The number of nitrogens with one attached hydrogen (secondary N) is 2. The highest BCUT2D eigenvalue weighted by Gasteiger charge is 2.31. The lowest BCUT2D eigenvalue weighted by Gasteiger charge is -2.39. The molecule has 26 heavy (non-hydrogen) atoms. The highest BCUT2D eigenvalue weighted by atomic mass is 32.1. The summed E-state index contributed by atoms with van der Waals surface area (Å²) in [6.07, 6.45) is 6.29. The standard InChI is InChI=1S/C20H34N4OS/c1-21-20(22-10-5-12-25-15-16-8-9-16)23-14-17-6-3-11-24(2)19(17)18-7-4-13-26-18/h4,7,13,16-17,19H,3,5-6,8-12,14-15H2,1-2H3,(H2,21,22,23). The van der Waals surface area contributed by atoms with E-state index >= 15 is 0 Å². The number of ether oxygens (including phenoxy) is 1. The molecule has 1 saturated carbocycles. The number of rotatable bonds is 9. The minimum absolute atomic E-state index is 0.519. The topological polar surface area (TPSA) is 48.9 Å². The quantitative estimate of drug-likeness (QED) is 0.394. The van der Waals surface area contributed by atoms with Crippen molar-refractivity contribution in [1.82, 2.24) is 15.5 Å². The summed E-state index contributed by atoms with van der Waals surface area (Å²) in [4.78, 5) is 8.37. The van der Waals surface area contributed by atoms with Crippen LogP contribution in [0.3, 0.4) is 0 Å². The Morgan fingerprint density at radius 3 is 2.96 bits per heavy atom. The Kier molecular flexibility index (Phi) is 7.77. The molecule has 6 heteroatoms. The van der Waals surface area contributed by atoms with E-state index in [4.69, 9.17) is 4.74 Å². The molecule has 0 spiro atoms. The van der Waals surface area contributed by atoms with Crippen molar-refractivity contribution in [2.45, 2.75) is 38.1 Å². The second kappa shape index (κ2) is 10.3. The van der Waals surface area contributed by atoms with E-state index in [9.17, 15) is 0 Å². The number of aliphatic imine (C=N–C) groups is 1. The van der Waals surface area contributed by atoms with Crippen LogP contribution in [0.4, 0.5) is 0 Å². The molecule has 0 bridgehead atoms. The molecule has 2 fully saturated rings. The highest BCUT2D eigenvalue weighted by Crippen LogP contribution is 2.36. The van der Waals surface area contributed by atoms with Gasteiger partial charge in [0.05, 0.1) is 0 Å². The molecular formula is C20H34N4OS. The van der Waals surface area contributed by atoms with Gasteiger partial charge in [0.15, 0.2) is 5.96 Å². The Morgan fingerprint density at radius 2 is 2.23 bits per heavy atom. The van der Waals surface area contributed by atoms with Crippen LogP contribution in [-0.2, 0) is 4.74 Å². The van der Waals surface area contributed by atoms with Gasteiger partial charge in [-0.2, -0.15) is 0 Å². The molecule has 146 valence electrons. The first kappa shape index (κ1) is 19.6. The zero-order chi connectivity index (χ0) is 18.2. The lowest BCUT2D eigenvalue weighted by atomic mass is 9.88. The fraction of sp³-hybridized carbons (Fsp3) is 0.750. The van der Waals surface area contributed by atoms with Crippen LogP contribution in [-0.4, -0.2) is 57.8 Å². The summed E-state index contributed by atoms with van der Waals surface area (Å²) in [7, 11) is 4.11. The van der Waals surface area contributed by atoms with Crippen molar-refractivity contribution < 1.29 is 4.74 Å². The van der Waals surface area contributed by atoms with Gasteiger partial charge >= 0.3 is 0 Å². The third kappa shape index (κ3) is 5.96. The largest absolute Gasteiger partial charge is 0.381 e. The monoisotopic (exact) mass is 378 g/mol. The van der Waals surface area contributed by atoms with Crippen LogP contribution in [0.5, 0.6) is 0 Å². The van der Waals surface area contributed by atoms with Crippen molar-refractivity contribution in [1.29, 1.82) is 0 Å². The molecule has 1 aliphatic heterocycles. The molecule has 2 atom stereocenters. The zero-order valence-electron chi connectivity index (χ0n) is 16.2. The molecule has 2 N–H and O–H groups in total. The van der Waals surface area contributed by atoms with Gasteiger partial charge in [-0.25, -0.2) is 0 Å². The average molecular weight is 379 g/mol. The number of nitrogens with zero attached hydrogens (tertiary/aromatic N) is 2. The fourth-order valence-corrected chi connectivity index (χ4v) is 4.73. The van der Waals surface area contributed by atoms with Crippen LogP contribution in [0.15, 0.2) is 22.5 Å². The Hall–Kier alpha value is -1.11. The van der Waals surface area contributed by atoms with Crippen molar-refractivity contribution >= 4 is 17.3 Å². The number of thiophene rings is 1. The van der Waals surface area contributed by atoms with Crippen LogP contribution in [0, 0.1) is 11.8 Å². The van der Waals surface area contributed by atoms with E-state index in [-0.39, 0.29) is 0 Å². The lowest BCUT2D eigenvalue weighted by Crippen LogP contribution is -2.45. The van der Waals surface area contributed by atoms with E-state index in [1.54, 1.807) is 0 Å². The van der Waals surface area contributed by atoms with Crippen molar-refractivity contribution in [3.05, 3.63) is 22.4 Å². The Labute approximate surface area is 162 Å². The first-order valence-corrected chi connectivity index (χ1v) is 10.9. The number of hydrogen-bond acceptors (Lipinski definition) is 4. The van der Waals surface area contributed by atoms with Gasteiger partial charge in [0.1, 0.15) is 0 Å². The predicted octanol–water partition coefficient (Wildman–Crippen LogP) is 3.11. The van der Waals surface area contributed by atoms with Gasteiger partial charge in [-0.1, -0.05) is 6.07 Å². The third-order valence-electron chi connectivity index (χ3n) is 5.41. The van der Waals surface area contributed by atoms with E-state index < -0.39 is 0 Å². The molecule has 2 unspecified atom stereocenters. The van der Waals surface area contributed by atoms with Crippen LogP contribution in [0.2, 0.25) is 0 Å². The molecule has 1 saturated heterocycles. The molecular weight excluding hydrogens is 344 g/mol. The summed E-state index contributed by atoms with van der Waals surface area (Å²) in [5.74, 6) is 2.38. The summed E-state index contributed by atoms with van der Waals surface area (Å²) < 4.78 is 5.69. The van der Waals surface area contributed by atoms with Crippen LogP contribution in [0.25, 0.3) is 0 Å². The number of guanidine groups is 1. The predicted molar refractivity (Wildman–Crippen MR) is 110 cm³/mol. The molecule has 0 aromatic carbocycles. The highest BCUT2D eigenvalue weighted by molar-refractivity contribution is 7.10. The molecule has 0 radical (unpaired) electrons. The average Bonchev–Trinajstić information content (AvgIpc) is 3.32. The molecule has 1 aromatic rings. The van der Waals surface area contributed by atoms with E-state index in [0.717, 1.165) is 44.6 Å². The van der Waals surface area contributed by atoms with Crippen LogP contribution < -0.4 is 10.6 Å². The van der Waals surface area contributed by atoms with Gasteiger partial charge in [-0.15, -0.1) is 11.3 Å². The molecule has 2 heterocycles. The van der Waals surface area contributed by atoms with Crippen molar-refractivity contribution in [3.8, 4) is 0 Å². The van der Waals surface area contributed by atoms with Crippen molar-refractivity contribution in [2.24, 2.45) is 16.8 Å². The second-order valence-electron chi connectivity index (χ2n) is 7.59. The van der Waals surface area contributed by atoms with Gasteiger partial charge in [-0.3, -0.25) is 9.89 Å². The summed E-state index contributed by atoms with van der Waals surface area (Å²) in [6, 6.07) is 4.96. The van der Waals surface area contributed by atoms with Crippen molar-refractivity contribution in [2.75, 3.05) is 46.9 Å². The third-order valence-corrected chi connectivity index (χ3v) is 6.35. The first-order valence-electron chi connectivity index (χ1n) is 10.0. The maximum Gasteiger partial charge on any atom is 0.190 e. The maximum atomic E-state index is 5.69. The maximum absolute atomic E-state index is 5.69. The molecule has 1 aromatic heterocycles. The van der Waals surface area contributed by atoms with E-state index in [2.05, 4.69) is 45.1 Å². The van der Waals surface area contributed by atoms with Crippen LogP contribution in [0.1, 0.15) is 43.0 Å². The fourth-order valence-electron chi connectivity index (χ4n) is 3.75. The van der Waals surface area contributed by atoms with Crippen molar-refractivity contribution in [3.63, 3.8) is 0 Å². The SMILES string of the molecule is CN=C(NCCCOCC1CC1)NCC1CCCN(C)C1c1cccs1. The second-order valence-corrected chi connectivity index (χ2v) is 8.57. The minimum atomic E-state index is 0.519. The summed E-state index contributed by atoms with van der Waals surface area (Å²) in [5, 5.41) is 9.16. The Morgan fingerprint density at radius 1 is 1.35 bits per heavy atom. The molecule has 3 rings (SSSR count). The Bertz CT molecular complexity index is 544. The van der Waals surface area contributed by atoms with Crippen LogP contribution >= 0.6 is 11.3 Å². The summed E-state index contributed by atoms with van der Waals surface area (Å²) in [5.41, 5.74) is 0. The number of hydrogen-bond donors (Lipinski definition) is 2. The smallest absolute Gasteiger partial charge is 0.190 e. The Balaban J connectivity index is 1.38. The zero-order valence-corrected chi connectivity index (χ0v) is 17.1. The van der Waals surface area contributed by atoms with Gasteiger partial charge in [0.25, 0.3) is 0 Å². The van der Waals surface area contributed by atoms with Gasteiger partial charge in [0.2, 0.25) is 0 Å². The minimum Gasteiger partial charge on any atom is -0.381 e. The molecule has 1 aliphatic carbocycles. The normalized spacial score (nSPS) is 24.6. The van der Waals surface area contributed by atoms with E-state index in [0.29, 0.717) is 12.0 Å². The van der Waals surface area contributed by atoms with Gasteiger partial charge in [0, 0.05) is 44.3 Å². The van der Waals surface area contributed by atoms with E-state index in [1.165, 1.54) is 37.1 Å². The van der Waals surface area contributed by atoms with Gasteiger partial charge in [-0.05, 0) is 69.0 Å². The van der Waals surface area contributed by atoms with E-state index in [1.807, 2.05) is 18.4 Å².